The fourth-order valence-electron chi connectivity index (χ4n) is 3.20. The molecule has 4 nitrogen and oxygen atoms in total. The van der Waals surface area contributed by atoms with Crippen LogP contribution in [0.25, 0.3) is 22.5 Å². The first-order chi connectivity index (χ1) is 14.8. The van der Waals surface area contributed by atoms with Gasteiger partial charge in [-0.1, -0.05) is 46.9 Å². The summed E-state index contributed by atoms with van der Waals surface area (Å²) >= 11 is 18.3. The summed E-state index contributed by atoms with van der Waals surface area (Å²) < 4.78 is 13.3. The molecule has 31 heavy (non-hydrogen) atoms. The summed E-state index contributed by atoms with van der Waals surface area (Å²) in [5, 5.41) is 0.668. The van der Waals surface area contributed by atoms with Crippen LogP contribution in [0, 0.1) is 5.95 Å². The smallest absolute Gasteiger partial charge is 0.214 e. The quantitative estimate of drug-likeness (QED) is 0.299. The van der Waals surface area contributed by atoms with Gasteiger partial charge >= 0.3 is 0 Å². The lowest BCUT2D eigenvalue weighted by Gasteiger charge is -2.25. The van der Waals surface area contributed by atoms with Gasteiger partial charge in [0.05, 0.1) is 22.8 Å². The van der Waals surface area contributed by atoms with Gasteiger partial charge < -0.3 is 0 Å². The van der Waals surface area contributed by atoms with Crippen molar-refractivity contribution in [2.45, 2.75) is 19.3 Å². The Balaban J connectivity index is 1.75. The summed E-state index contributed by atoms with van der Waals surface area (Å²) in [6, 6.07) is 17.6. The van der Waals surface area contributed by atoms with E-state index in [0.717, 1.165) is 11.4 Å². The van der Waals surface area contributed by atoms with Gasteiger partial charge in [-0.05, 0) is 62.4 Å². The average molecular weight is 474 g/mol. The standard InChI is InChI=1S/C23H16Cl3FN4/c1-23(2,17-7-3-5-15(28-17)13-9-11-19(24)30-21(13)25)18-8-4-6-16(29-18)14-10-12-20(27)31-22(14)26/h3-12H,1-2H3. The number of halogens is 4. The highest BCUT2D eigenvalue weighted by atomic mass is 35.5. The van der Waals surface area contributed by atoms with E-state index in [9.17, 15) is 4.39 Å². The number of rotatable bonds is 4. The maximum absolute atomic E-state index is 13.3. The molecule has 0 aliphatic carbocycles. The Kier molecular flexibility index (Phi) is 5.93. The minimum Gasteiger partial charge on any atom is -0.252 e. The van der Waals surface area contributed by atoms with Crippen LogP contribution in [0.2, 0.25) is 15.5 Å². The average Bonchev–Trinajstić information content (AvgIpc) is 2.74. The predicted molar refractivity (Wildman–Crippen MR) is 122 cm³/mol. The highest BCUT2D eigenvalue weighted by molar-refractivity contribution is 6.34. The van der Waals surface area contributed by atoms with Crippen LogP contribution in [0.4, 0.5) is 4.39 Å². The van der Waals surface area contributed by atoms with Crippen molar-refractivity contribution in [3.05, 3.63) is 93.5 Å². The molecule has 0 radical (unpaired) electrons. The largest absolute Gasteiger partial charge is 0.252 e. The van der Waals surface area contributed by atoms with Gasteiger partial charge in [-0.15, -0.1) is 0 Å². The lowest BCUT2D eigenvalue weighted by Crippen LogP contribution is -2.22. The molecule has 0 fully saturated rings. The summed E-state index contributed by atoms with van der Waals surface area (Å²) in [6.07, 6.45) is 0. The van der Waals surface area contributed by atoms with Crippen molar-refractivity contribution in [3.8, 4) is 22.5 Å². The minimum atomic E-state index is -0.637. The van der Waals surface area contributed by atoms with Gasteiger partial charge in [0.15, 0.2) is 0 Å². The molecule has 0 unspecified atom stereocenters. The second kappa shape index (κ2) is 8.50. The monoisotopic (exact) mass is 472 g/mol. The molecule has 0 atom stereocenters. The summed E-state index contributed by atoms with van der Waals surface area (Å²) in [5.41, 5.74) is 3.56. The number of hydrogen-bond donors (Lipinski definition) is 0. The summed E-state index contributed by atoms with van der Waals surface area (Å²) in [6.45, 7) is 4.05. The Hall–Kier alpha value is -2.60. The van der Waals surface area contributed by atoms with Crippen LogP contribution in [0.5, 0.6) is 0 Å². The molecule has 8 heteroatoms. The normalized spacial score (nSPS) is 11.5. The number of pyridine rings is 4. The molecule has 0 aliphatic rings. The second-order valence-electron chi connectivity index (χ2n) is 7.39. The maximum atomic E-state index is 13.3. The highest BCUT2D eigenvalue weighted by Crippen LogP contribution is 2.34. The molecular formula is C23H16Cl3FN4. The number of aromatic nitrogens is 4. The molecule has 0 N–H and O–H groups in total. The molecule has 0 saturated heterocycles. The lowest BCUT2D eigenvalue weighted by molar-refractivity contribution is 0.584. The minimum absolute atomic E-state index is 0.0625. The third-order valence-electron chi connectivity index (χ3n) is 4.96. The topological polar surface area (TPSA) is 51.6 Å². The second-order valence-corrected chi connectivity index (χ2v) is 8.49. The molecule has 4 aromatic rings. The van der Waals surface area contributed by atoms with E-state index in [1.165, 1.54) is 6.07 Å². The predicted octanol–water partition coefficient (Wildman–Crippen LogP) is 7.03. The van der Waals surface area contributed by atoms with Gasteiger partial charge in [0.25, 0.3) is 0 Å². The summed E-state index contributed by atoms with van der Waals surface area (Å²) in [5.74, 6) is -0.637. The molecule has 0 aromatic carbocycles. The third-order valence-corrected chi connectivity index (χ3v) is 5.75. The molecule has 4 rings (SSSR count). The Labute approximate surface area is 194 Å². The van der Waals surface area contributed by atoms with E-state index < -0.39 is 11.4 Å². The van der Waals surface area contributed by atoms with Crippen molar-refractivity contribution in [1.29, 1.82) is 0 Å². The van der Waals surface area contributed by atoms with Crippen LogP contribution in [-0.4, -0.2) is 19.9 Å². The van der Waals surface area contributed by atoms with Crippen LogP contribution < -0.4 is 0 Å². The molecule has 0 spiro atoms. The van der Waals surface area contributed by atoms with Crippen LogP contribution in [0.15, 0.2) is 60.7 Å². The fraction of sp³-hybridized carbons (Fsp3) is 0.130. The molecular weight excluding hydrogens is 458 g/mol. The molecule has 4 heterocycles. The van der Waals surface area contributed by atoms with Crippen molar-refractivity contribution >= 4 is 34.8 Å². The van der Waals surface area contributed by atoms with Crippen molar-refractivity contribution in [2.75, 3.05) is 0 Å². The third kappa shape index (κ3) is 4.40. The number of nitrogens with zero attached hydrogens (tertiary/aromatic N) is 4. The Morgan fingerprint density at radius 2 is 1.16 bits per heavy atom. The first-order valence-corrected chi connectivity index (χ1v) is 10.5. The molecule has 156 valence electrons. The van der Waals surface area contributed by atoms with E-state index >= 15 is 0 Å². The Morgan fingerprint density at radius 1 is 0.645 bits per heavy atom. The van der Waals surface area contributed by atoms with E-state index in [1.807, 2.05) is 50.2 Å². The van der Waals surface area contributed by atoms with E-state index in [1.54, 1.807) is 18.2 Å². The van der Waals surface area contributed by atoms with Gasteiger partial charge in [0.1, 0.15) is 15.5 Å². The fourth-order valence-corrected chi connectivity index (χ4v) is 3.89. The molecule has 0 amide bonds. The van der Waals surface area contributed by atoms with E-state index in [4.69, 9.17) is 44.8 Å². The Bertz CT molecular complexity index is 1180. The van der Waals surface area contributed by atoms with E-state index in [0.29, 0.717) is 27.7 Å². The first kappa shape index (κ1) is 21.6. The zero-order valence-corrected chi connectivity index (χ0v) is 18.8. The van der Waals surface area contributed by atoms with Crippen LogP contribution in [0.3, 0.4) is 0 Å². The molecule has 0 aliphatic heterocycles. The summed E-state index contributed by atoms with van der Waals surface area (Å²) in [7, 11) is 0. The van der Waals surface area contributed by atoms with Crippen molar-refractivity contribution < 1.29 is 4.39 Å². The van der Waals surface area contributed by atoms with E-state index in [2.05, 4.69) is 9.97 Å². The van der Waals surface area contributed by atoms with E-state index in [-0.39, 0.29) is 10.3 Å². The van der Waals surface area contributed by atoms with Crippen LogP contribution >= 0.6 is 34.8 Å². The van der Waals surface area contributed by atoms with Crippen LogP contribution in [-0.2, 0) is 5.41 Å². The first-order valence-electron chi connectivity index (χ1n) is 9.35. The Morgan fingerprint density at radius 3 is 1.68 bits per heavy atom. The molecule has 0 bridgehead atoms. The maximum Gasteiger partial charge on any atom is 0.214 e. The van der Waals surface area contributed by atoms with Crippen LogP contribution in [0.1, 0.15) is 25.2 Å². The number of hydrogen-bond acceptors (Lipinski definition) is 4. The lowest BCUT2D eigenvalue weighted by atomic mass is 9.84. The highest BCUT2D eigenvalue weighted by Gasteiger charge is 2.27. The zero-order valence-electron chi connectivity index (χ0n) is 16.6. The van der Waals surface area contributed by atoms with Gasteiger partial charge in [-0.25, -0.2) is 9.97 Å². The van der Waals surface area contributed by atoms with Gasteiger partial charge in [0.2, 0.25) is 5.95 Å². The summed E-state index contributed by atoms with van der Waals surface area (Å²) in [4.78, 5) is 17.4. The van der Waals surface area contributed by atoms with Gasteiger partial charge in [-0.2, -0.15) is 4.39 Å². The van der Waals surface area contributed by atoms with Crippen molar-refractivity contribution in [1.82, 2.24) is 19.9 Å². The van der Waals surface area contributed by atoms with Crippen molar-refractivity contribution in [2.24, 2.45) is 0 Å². The van der Waals surface area contributed by atoms with Gasteiger partial charge in [-0.3, -0.25) is 9.97 Å². The SMILES string of the molecule is CC(C)(c1cccc(-c2ccc(F)nc2Cl)n1)c1cccc(-c2ccc(Cl)nc2Cl)n1. The molecule has 4 aromatic heterocycles. The van der Waals surface area contributed by atoms with Gasteiger partial charge in [0, 0.05) is 16.5 Å². The van der Waals surface area contributed by atoms with Crippen molar-refractivity contribution in [3.63, 3.8) is 0 Å². The molecule has 0 saturated carbocycles. The zero-order chi connectivity index (χ0) is 22.2.